The first-order chi connectivity index (χ1) is 15.0. The highest BCUT2D eigenvalue weighted by molar-refractivity contribution is 6.47. The highest BCUT2D eigenvalue weighted by atomic mass is 16.6. The summed E-state index contributed by atoms with van der Waals surface area (Å²) in [5, 5.41) is 30.0. The zero-order valence-corrected chi connectivity index (χ0v) is 17.3. The third-order valence-electron chi connectivity index (χ3n) is 7.12. The minimum atomic E-state index is -1.19. The molecular formula is C22H29N5O4. The van der Waals surface area contributed by atoms with Gasteiger partial charge in [0.15, 0.2) is 17.7 Å². The highest BCUT2D eigenvalue weighted by Crippen LogP contribution is 2.47. The third kappa shape index (κ3) is 3.32. The summed E-state index contributed by atoms with van der Waals surface area (Å²) < 4.78 is 5.70. The topological polar surface area (TPSA) is 136 Å². The molecule has 9 nitrogen and oxygen atoms in total. The summed E-state index contributed by atoms with van der Waals surface area (Å²) in [6.07, 6.45) is 2.37. The lowest BCUT2D eigenvalue weighted by Crippen LogP contribution is -2.57. The molecular weight excluding hydrogens is 398 g/mol. The van der Waals surface area contributed by atoms with E-state index in [0.717, 1.165) is 25.7 Å². The Labute approximate surface area is 181 Å². The average Bonchev–Trinajstić information content (AvgIpc) is 3.49. The van der Waals surface area contributed by atoms with Crippen molar-refractivity contribution in [2.45, 2.75) is 67.7 Å². The number of hydrogen-bond acceptors (Lipinski definition) is 9. The van der Waals surface area contributed by atoms with Gasteiger partial charge >= 0.3 is 0 Å². The molecule has 5 rings (SSSR count). The number of nitrogens with two attached hydrogens (primary N) is 1. The molecule has 1 aliphatic carbocycles. The lowest BCUT2D eigenvalue weighted by Gasteiger charge is -2.39. The van der Waals surface area contributed by atoms with Crippen LogP contribution in [0.2, 0.25) is 0 Å². The quantitative estimate of drug-likeness (QED) is 0.528. The van der Waals surface area contributed by atoms with E-state index in [1.807, 2.05) is 6.07 Å². The van der Waals surface area contributed by atoms with Crippen molar-refractivity contribution in [2.24, 2.45) is 20.7 Å². The summed E-state index contributed by atoms with van der Waals surface area (Å²) >= 11 is 0. The first-order valence-electron chi connectivity index (χ1n) is 10.9. The number of hydrogen-bond donors (Lipinski definition) is 4. The van der Waals surface area contributed by atoms with Gasteiger partial charge in [-0.3, -0.25) is 4.99 Å². The number of aliphatic imine (C=N–C) groups is 3. The third-order valence-corrected chi connectivity index (χ3v) is 7.12. The Morgan fingerprint density at radius 2 is 1.87 bits per heavy atom. The predicted octanol–water partition coefficient (Wildman–Crippen LogP) is 0.137. The van der Waals surface area contributed by atoms with Crippen molar-refractivity contribution in [1.82, 2.24) is 4.90 Å². The fraction of sp³-hybridized carbons (Fsp3) is 0.591. The van der Waals surface area contributed by atoms with Gasteiger partial charge in [-0.15, -0.1) is 0 Å². The molecule has 3 aliphatic heterocycles. The second kappa shape index (κ2) is 7.75. The van der Waals surface area contributed by atoms with E-state index in [4.69, 9.17) is 10.5 Å². The largest absolute Gasteiger partial charge is 0.394 e. The number of nitrogens with zero attached hydrogens (tertiary/aromatic N) is 4. The lowest BCUT2D eigenvalue weighted by atomic mass is 9.71. The molecule has 0 amide bonds. The van der Waals surface area contributed by atoms with E-state index < -0.39 is 30.2 Å². The molecule has 3 heterocycles. The molecule has 1 saturated heterocycles. The maximum absolute atomic E-state index is 10.5. The molecule has 2 fully saturated rings. The van der Waals surface area contributed by atoms with Gasteiger partial charge in [0, 0.05) is 6.42 Å². The Hall–Kier alpha value is -2.17. The van der Waals surface area contributed by atoms with Crippen molar-refractivity contribution < 1.29 is 20.1 Å². The van der Waals surface area contributed by atoms with E-state index in [-0.39, 0.29) is 18.7 Å². The fourth-order valence-electron chi connectivity index (χ4n) is 5.53. The number of rotatable bonds is 5. The van der Waals surface area contributed by atoms with E-state index in [2.05, 4.69) is 39.2 Å². The zero-order chi connectivity index (χ0) is 21.6. The SMILES string of the molecule is NC1(CC2(c3ccccc3)CCCC2)N=CN=C2C1=NCN2[C@@H]1O[C@H](CO)[C@@H](O)[C@H]1O. The molecule has 0 aromatic heterocycles. The second-order valence-corrected chi connectivity index (χ2v) is 9.00. The number of aliphatic hydroxyl groups is 3. The molecule has 9 heteroatoms. The standard InChI is InChI=1S/C22H29N5O4/c23-22(11-21(8-4-5-9-21)14-6-2-1-3-7-14)18-19(24-12-26-22)27(13-25-18)20-17(30)16(29)15(10-28)31-20/h1-3,6-7,12,15-17,20,28-30H,4-5,8-11,13,23H2/t15-,16-,17-,20-,22?/m1/s1. The number of amidine groups is 1. The second-order valence-electron chi connectivity index (χ2n) is 9.00. The Kier molecular flexibility index (Phi) is 5.18. The summed E-state index contributed by atoms with van der Waals surface area (Å²) in [6, 6.07) is 10.5. The molecule has 1 aromatic rings. The maximum Gasteiger partial charge on any atom is 0.162 e. The molecule has 0 radical (unpaired) electrons. The van der Waals surface area contributed by atoms with Crippen molar-refractivity contribution in [3.05, 3.63) is 35.9 Å². The molecule has 0 spiro atoms. The molecule has 1 saturated carbocycles. The van der Waals surface area contributed by atoms with Crippen LogP contribution in [0.1, 0.15) is 37.7 Å². The van der Waals surface area contributed by atoms with Crippen LogP contribution in [0.25, 0.3) is 0 Å². The van der Waals surface area contributed by atoms with Crippen molar-refractivity contribution in [3.8, 4) is 0 Å². The van der Waals surface area contributed by atoms with Crippen LogP contribution in [-0.4, -0.2) is 81.6 Å². The normalized spacial score (nSPS) is 36.5. The smallest absolute Gasteiger partial charge is 0.162 e. The van der Waals surface area contributed by atoms with Gasteiger partial charge in [0.2, 0.25) is 0 Å². The first kappa shape index (κ1) is 20.7. The van der Waals surface area contributed by atoms with Crippen LogP contribution in [0.3, 0.4) is 0 Å². The summed E-state index contributed by atoms with van der Waals surface area (Å²) in [5.74, 6) is 0.508. The van der Waals surface area contributed by atoms with Crippen LogP contribution in [0.4, 0.5) is 0 Å². The van der Waals surface area contributed by atoms with Crippen LogP contribution in [0, 0.1) is 0 Å². The number of fused-ring (bicyclic) bond motifs is 1. The molecule has 5 atom stereocenters. The van der Waals surface area contributed by atoms with Crippen molar-refractivity contribution in [2.75, 3.05) is 13.3 Å². The maximum atomic E-state index is 10.5. The number of aliphatic hydroxyl groups excluding tert-OH is 3. The van der Waals surface area contributed by atoms with Gasteiger partial charge in [-0.1, -0.05) is 43.2 Å². The average molecular weight is 428 g/mol. The van der Waals surface area contributed by atoms with Gasteiger partial charge in [-0.25, -0.2) is 9.98 Å². The van der Waals surface area contributed by atoms with Crippen LogP contribution in [0.15, 0.2) is 45.3 Å². The van der Waals surface area contributed by atoms with E-state index >= 15 is 0 Å². The molecule has 4 aliphatic rings. The van der Waals surface area contributed by atoms with E-state index in [9.17, 15) is 15.3 Å². The van der Waals surface area contributed by atoms with E-state index in [0.29, 0.717) is 18.0 Å². The van der Waals surface area contributed by atoms with Gasteiger partial charge in [0.05, 0.1) is 6.61 Å². The zero-order valence-electron chi connectivity index (χ0n) is 17.3. The van der Waals surface area contributed by atoms with Gasteiger partial charge in [0.25, 0.3) is 0 Å². The van der Waals surface area contributed by atoms with Gasteiger partial charge in [0.1, 0.15) is 37.0 Å². The number of benzene rings is 1. The summed E-state index contributed by atoms with van der Waals surface area (Å²) in [7, 11) is 0. The van der Waals surface area contributed by atoms with Gasteiger partial charge < -0.3 is 30.7 Å². The van der Waals surface area contributed by atoms with Crippen molar-refractivity contribution in [3.63, 3.8) is 0 Å². The van der Waals surface area contributed by atoms with E-state index in [1.165, 1.54) is 11.9 Å². The van der Waals surface area contributed by atoms with Crippen molar-refractivity contribution >= 4 is 17.9 Å². The lowest BCUT2D eigenvalue weighted by molar-refractivity contribution is -0.0688. The van der Waals surface area contributed by atoms with Crippen LogP contribution >= 0.6 is 0 Å². The summed E-state index contributed by atoms with van der Waals surface area (Å²) in [4.78, 5) is 15.3. The Balaban J connectivity index is 1.42. The predicted molar refractivity (Wildman–Crippen MR) is 116 cm³/mol. The van der Waals surface area contributed by atoms with Gasteiger partial charge in [-0.05, 0) is 23.8 Å². The Morgan fingerprint density at radius 3 is 2.55 bits per heavy atom. The molecule has 31 heavy (non-hydrogen) atoms. The minimum absolute atomic E-state index is 0.0761. The van der Waals surface area contributed by atoms with Crippen LogP contribution in [-0.2, 0) is 10.2 Å². The Bertz CT molecular complexity index is 914. The molecule has 5 N–H and O–H groups in total. The molecule has 1 unspecified atom stereocenters. The first-order valence-corrected chi connectivity index (χ1v) is 10.9. The Morgan fingerprint density at radius 1 is 1.13 bits per heavy atom. The van der Waals surface area contributed by atoms with Crippen molar-refractivity contribution in [1.29, 1.82) is 0 Å². The molecule has 0 bridgehead atoms. The van der Waals surface area contributed by atoms with Crippen LogP contribution in [0.5, 0.6) is 0 Å². The molecule has 166 valence electrons. The fourth-order valence-corrected chi connectivity index (χ4v) is 5.53. The summed E-state index contributed by atoms with van der Waals surface area (Å²) in [6.45, 7) is -0.188. The molecule has 1 aromatic carbocycles. The minimum Gasteiger partial charge on any atom is -0.394 e. The van der Waals surface area contributed by atoms with Crippen LogP contribution < -0.4 is 5.73 Å². The highest BCUT2D eigenvalue weighted by Gasteiger charge is 2.52. The van der Waals surface area contributed by atoms with Gasteiger partial charge in [-0.2, -0.15) is 0 Å². The monoisotopic (exact) mass is 427 g/mol. The van der Waals surface area contributed by atoms with E-state index in [1.54, 1.807) is 4.90 Å². The summed E-state index contributed by atoms with van der Waals surface area (Å²) in [5.41, 5.74) is 7.63. The number of ether oxygens (including phenoxy) is 1.